The molecule has 0 radical (unpaired) electrons. The molecule has 0 unspecified atom stereocenters. The third-order valence-electron chi connectivity index (χ3n) is 2.77. The first-order valence-electron chi connectivity index (χ1n) is 5.09. The van der Waals surface area contributed by atoms with Crippen LogP contribution in [0.1, 0.15) is 32.8 Å². The van der Waals surface area contributed by atoms with Crippen molar-refractivity contribution in [2.75, 3.05) is 0 Å². The van der Waals surface area contributed by atoms with Crippen LogP contribution in [0, 0.1) is 5.41 Å². The SMILES string of the molecule is CCC(C)(C)Cc1cc(O)c(O)c(O)c1. The van der Waals surface area contributed by atoms with E-state index < -0.39 is 5.75 Å². The highest BCUT2D eigenvalue weighted by Crippen LogP contribution is 2.37. The molecule has 0 heterocycles. The molecule has 15 heavy (non-hydrogen) atoms. The van der Waals surface area contributed by atoms with Gasteiger partial charge in [0.1, 0.15) is 0 Å². The Morgan fingerprint density at radius 1 is 1.07 bits per heavy atom. The van der Waals surface area contributed by atoms with Crippen molar-refractivity contribution in [3.8, 4) is 17.2 Å². The lowest BCUT2D eigenvalue weighted by atomic mass is 9.83. The Labute approximate surface area is 90.0 Å². The van der Waals surface area contributed by atoms with E-state index in [1.807, 2.05) is 0 Å². The number of phenolic OH excluding ortho intramolecular Hbond substituents is 3. The van der Waals surface area contributed by atoms with Crippen molar-refractivity contribution in [3.05, 3.63) is 17.7 Å². The summed E-state index contributed by atoms with van der Waals surface area (Å²) < 4.78 is 0. The highest BCUT2D eigenvalue weighted by molar-refractivity contribution is 5.51. The zero-order chi connectivity index (χ0) is 11.6. The molecule has 3 N–H and O–H groups in total. The minimum Gasteiger partial charge on any atom is -0.504 e. The van der Waals surface area contributed by atoms with Crippen LogP contribution < -0.4 is 0 Å². The summed E-state index contributed by atoms with van der Waals surface area (Å²) in [5, 5.41) is 27.9. The van der Waals surface area contributed by atoms with E-state index in [1.165, 1.54) is 12.1 Å². The summed E-state index contributed by atoms with van der Waals surface area (Å²) in [6.07, 6.45) is 1.76. The number of aromatic hydroxyl groups is 3. The molecule has 0 aliphatic heterocycles. The highest BCUT2D eigenvalue weighted by atomic mass is 16.3. The molecule has 0 saturated carbocycles. The zero-order valence-corrected chi connectivity index (χ0v) is 9.41. The maximum absolute atomic E-state index is 9.34. The molecule has 0 aliphatic carbocycles. The first kappa shape index (κ1) is 11.7. The monoisotopic (exact) mass is 210 g/mol. The Balaban J connectivity index is 2.98. The van der Waals surface area contributed by atoms with Crippen LogP contribution in [0.3, 0.4) is 0 Å². The highest BCUT2D eigenvalue weighted by Gasteiger charge is 2.17. The predicted octanol–water partition coefficient (Wildman–Crippen LogP) is 2.78. The molecule has 0 aliphatic rings. The molecule has 0 aromatic heterocycles. The van der Waals surface area contributed by atoms with Crippen molar-refractivity contribution in [2.24, 2.45) is 5.41 Å². The van der Waals surface area contributed by atoms with Crippen LogP contribution in [-0.4, -0.2) is 15.3 Å². The summed E-state index contributed by atoms with van der Waals surface area (Å²) in [5.74, 6) is -0.984. The summed E-state index contributed by atoms with van der Waals surface area (Å²) in [4.78, 5) is 0. The number of hydrogen-bond acceptors (Lipinski definition) is 3. The van der Waals surface area contributed by atoms with E-state index in [-0.39, 0.29) is 16.9 Å². The molecule has 1 aromatic carbocycles. The first-order valence-corrected chi connectivity index (χ1v) is 5.09. The predicted molar refractivity (Wildman–Crippen MR) is 59.2 cm³/mol. The molecular weight excluding hydrogens is 192 g/mol. The standard InChI is InChI=1S/C12H18O3/c1-4-12(2,3)7-8-5-9(13)11(15)10(14)6-8/h5-6,13-15H,4,7H2,1-3H3. The third kappa shape index (κ3) is 2.78. The minimum absolute atomic E-state index is 0.121. The van der Waals surface area contributed by atoms with E-state index >= 15 is 0 Å². The second-order valence-corrected chi connectivity index (χ2v) is 4.68. The molecule has 0 spiro atoms. The summed E-state index contributed by atoms with van der Waals surface area (Å²) in [5.41, 5.74) is 0.949. The molecule has 1 rings (SSSR count). The van der Waals surface area contributed by atoms with Gasteiger partial charge in [-0.1, -0.05) is 27.2 Å². The molecule has 3 nitrogen and oxygen atoms in total. The Morgan fingerprint density at radius 2 is 1.53 bits per heavy atom. The van der Waals surface area contributed by atoms with Crippen LogP contribution >= 0.6 is 0 Å². The largest absolute Gasteiger partial charge is 0.504 e. The van der Waals surface area contributed by atoms with Gasteiger partial charge in [-0.15, -0.1) is 0 Å². The summed E-state index contributed by atoms with van der Waals surface area (Å²) in [6, 6.07) is 2.99. The van der Waals surface area contributed by atoms with Crippen LogP contribution in [0.4, 0.5) is 0 Å². The second-order valence-electron chi connectivity index (χ2n) is 4.68. The van der Waals surface area contributed by atoms with Gasteiger partial charge in [0.05, 0.1) is 0 Å². The fourth-order valence-corrected chi connectivity index (χ4v) is 1.44. The lowest BCUT2D eigenvalue weighted by Crippen LogP contribution is -2.13. The van der Waals surface area contributed by atoms with Gasteiger partial charge in [0, 0.05) is 0 Å². The number of rotatable bonds is 3. The lowest BCUT2D eigenvalue weighted by Gasteiger charge is -2.22. The summed E-state index contributed by atoms with van der Waals surface area (Å²) in [6.45, 7) is 6.34. The Kier molecular flexibility index (Phi) is 3.12. The van der Waals surface area contributed by atoms with E-state index in [9.17, 15) is 15.3 Å². The van der Waals surface area contributed by atoms with Gasteiger partial charge in [-0.3, -0.25) is 0 Å². The molecule has 0 amide bonds. The fraction of sp³-hybridized carbons (Fsp3) is 0.500. The first-order chi connectivity index (χ1) is 6.85. The summed E-state index contributed by atoms with van der Waals surface area (Å²) in [7, 11) is 0. The van der Waals surface area contributed by atoms with Crippen molar-refractivity contribution < 1.29 is 15.3 Å². The summed E-state index contributed by atoms with van der Waals surface area (Å²) >= 11 is 0. The van der Waals surface area contributed by atoms with Crippen LogP contribution in [-0.2, 0) is 6.42 Å². The average molecular weight is 210 g/mol. The van der Waals surface area contributed by atoms with Gasteiger partial charge in [-0.05, 0) is 29.5 Å². The molecule has 3 heteroatoms. The number of benzene rings is 1. The van der Waals surface area contributed by atoms with Crippen molar-refractivity contribution >= 4 is 0 Å². The zero-order valence-electron chi connectivity index (χ0n) is 9.41. The number of phenols is 3. The smallest absolute Gasteiger partial charge is 0.200 e. The van der Waals surface area contributed by atoms with Gasteiger partial charge in [0.15, 0.2) is 17.2 Å². The maximum Gasteiger partial charge on any atom is 0.200 e. The van der Waals surface area contributed by atoms with Gasteiger partial charge in [0.25, 0.3) is 0 Å². The topological polar surface area (TPSA) is 60.7 Å². The Morgan fingerprint density at radius 3 is 1.93 bits per heavy atom. The molecule has 0 fully saturated rings. The quantitative estimate of drug-likeness (QED) is 0.672. The third-order valence-corrected chi connectivity index (χ3v) is 2.77. The van der Waals surface area contributed by atoms with Gasteiger partial charge in [-0.25, -0.2) is 0 Å². The van der Waals surface area contributed by atoms with Crippen molar-refractivity contribution in [1.82, 2.24) is 0 Å². The van der Waals surface area contributed by atoms with Gasteiger partial charge in [0.2, 0.25) is 0 Å². The van der Waals surface area contributed by atoms with E-state index in [0.29, 0.717) is 0 Å². The van der Waals surface area contributed by atoms with Crippen LogP contribution in [0.2, 0.25) is 0 Å². The van der Waals surface area contributed by atoms with Crippen molar-refractivity contribution in [3.63, 3.8) is 0 Å². The molecule has 0 atom stereocenters. The van der Waals surface area contributed by atoms with Gasteiger partial charge in [-0.2, -0.15) is 0 Å². The Bertz CT molecular complexity index is 333. The Hall–Kier alpha value is -1.38. The fourth-order valence-electron chi connectivity index (χ4n) is 1.44. The molecular formula is C12H18O3. The van der Waals surface area contributed by atoms with Gasteiger partial charge >= 0.3 is 0 Å². The van der Waals surface area contributed by atoms with Crippen molar-refractivity contribution in [2.45, 2.75) is 33.6 Å². The number of hydrogen-bond donors (Lipinski definition) is 3. The van der Waals surface area contributed by atoms with Crippen LogP contribution in [0.15, 0.2) is 12.1 Å². The molecule has 1 aromatic rings. The van der Waals surface area contributed by atoms with Crippen LogP contribution in [0.25, 0.3) is 0 Å². The maximum atomic E-state index is 9.34. The van der Waals surface area contributed by atoms with Crippen LogP contribution in [0.5, 0.6) is 17.2 Å². The van der Waals surface area contributed by atoms with E-state index in [0.717, 1.165) is 18.4 Å². The van der Waals surface area contributed by atoms with Gasteiger partial charge < -0.3 is 15.3 Å². The molecule has 84 valence electrons. The van der Waals surface area contributed by atoms with E-state index in [2.05, 4.69) is 20.8 Å². The minimum atomic E-state index is -0.451. The van der Waals surface area contributed by atoms with E-state index in [1.54, 1.807) is 0 Å². The van der Waals surface area contributed by atoms with Crippen molar-refractivity contribution in [1.29, 1.82) is 0 Å². The lowest BCUT2D eigenvalue weighted by molar-refractivity contribution is 0.342. The molecule has 0 saturated heterocycles. The molecule has 0 bridgehead atoms. The van der Waals surface area contributed by atoms with E-state index in [4.69, 9.17) is 0 Å². The second kappa shape index (κ2) is 4.01. The average Bonchev–Trinajstić information content (AvgIpc) is 2.13. The normalized spacial score (nSPS) is 11.7.